The third kappa shape index (κ3) is 2.71. The standard InChI is InChI=1S/C14H18BrNO/c1-9-5-4-8-12(9)16-14(17)11-7-3-6-10(2)13(11)15/h3,6-7,9,12H,4-5,8H2,1-2H3,(H,16,17). The molecule has 1 N–H and O–H groups in total. The molecule has 1 fully saturated rings. The lowest BCUT2D eigenvalue weighted by atomic mass is 10.1. The quantitative estimate of drug-likeness (QED) is 0.886. The minimum atomic E-state index is 0.0410. The number of aryl methyl sites for hydroxylation is 1. The summed E-state index contributed by atoms with van der Waals surface area (Å²) < 4.78 is 0.906. The maximum atomic E-state index is 12.2. The summed E-state index contributed by atoms with van der Waals surface area (Å²) in [5.41, 5.74) is 1.83. The first-order valence-corrected chi connectivity index (χ1v) is 6.95. The van der Waals surface area contributed by atoms with Gasteiger partial charge in [0.25, 0.3) is 5.91 Å². The summed E-state index contributed by atoms with van der Waals surface area (Å²) in [4.78, 5) is 12.2. The highest BCUT2D eigenvalue weighted by molar-refractivity contribution is 9.10. The first kappa shape index (κ1) is 12.6. The van der Waals surface area contributed by atoms with Crippen molar-refractivity contribution in [3.05, 3.63) is 33.8 Å². The molecule has 0 spiro atoms. The summed E-state index contributed by atoms with van der Waals surface area (Å²) >= 11 is 3.48. The Labute approximate surface area is 111 Å². The van der Waals surface area contributed by atoms with Crippen molar-refractivity contribution in [1.82, 2.24) is 5.32 Å². The normalized spacial score (nSPS) is 23.7. The molecule has 0 bridgehead atoms. The van der Waals surface area contributed by atoms with Gasteiger partial charge in [-0.2, -0.15) is 0 Å². The molecule has 17 heavy (non-hydrogen) atoms. The highest BCUT2D eigenvalue weighted by Crippen LogP contribution is 2.26. The van der Waals surface area contributed by atoms with Gasteiger partial charge in [-0.3, -0.25) is 4.79 Å². The summed E-state index contributed by atoms with van der Waals surface area (Å²) in [5.74, 6) is 0.641. The fourth-order valence-corrected chi connectivity index (χ4v) is 2.87. The van der Waals surface area contributed by atoms with E-state index in [0.29, 0.717) is 12.0 Å². The highest BCUT2D eigenvalue weighted by atomic mass is 79.9. The van der Waals surface area contributed by atoms with Gasteiger partial charge in [0.05, 0.1) is 5.56 Å². The van der Waals surface area contributed by atoms with Crippen LogP contribution in [0.4, 0.5) is 0 Å². The van der Waals surface area contributed by atoms with Crippen LogP contribution in [0.15, 0.2) is 22.7 Å². The Kier molecular flexibility index (Phi) is 3.87. The van der Waals surface area contributed by atoms with Crippen molar-refractivity contribution in [1.29, 1.82) is 0 Å². The van der Waals surface area contributed by atoms with Crippen LogP contribution in [-0.2, 0) is 0 Å². The molecule has 2 rings (SSSR count). The Balaban J connectivity index is 2.12. The predicted molar refractivity (Wildman–Crippen MR) is 73.1 cm³/mol. The molecule has 0 radical (unpaired) electrons. The van der Waals surface area contributed by atoms with Gasteiger partial charge in [0.15, 0.2) is 0 Å². The number of halogens is 1. The molecule has 0 aromatic heterocycles. The van der Waals surface area contributed by atoms with E-state index >= 15 is 0 Å². The fraction of sp³-hybridized carbons (Fsp3) is 0.500. The lowest BCUT2D eigenvalue weighted by molar-refractivity contribution is 0.0929. The second-order valence-corrected chi connectivity index (χ2v) is 5.72. The van der Waals surface area contributed by atoms with Gasteiger partial charge in [-0.05, 0) is 53.2 Å². The second-order valence-electron chi connectivity index (χ2n) is 4.92. The molecule has 1 aliphatic carbocycles. The molecule has 2 unspecified atom stereocenters. The van der Waals surface area contributed by atoms with Crippen LogP contribution in [0.1, 0.15) is 42.1 Å². The molecule has 0 saturated heterocycles. The summed E-state index contributed by atoms with van der Waals surface area (Å²) in [6, 6.07) is 6.13. The highest BCUT2D eigenvalue weighted by Gasteiger charge is 2.25. The predicted octanol–water partition coefficient (Wildman–Crippen LogP) is 3.68. The van der Waals surface area contributed by atoms with Gasteiger partial charge >= 0.3 is 0 Å². The number of carbonyl (C=O) groups excluding carboxylic acids is 1. The van der Waals surface area contributed by atoms with E-state index in [1.807, 2.05) is 25.1 Å². The van der Waals surface area contributed by atoms with Crippen LogP contribution >= 0.6 is 15.9 Å². The number of hydrogen-bond donors (Lipinski definition) is 1. The molecule has 0 heterocycles. The summed E-state index contributed by atoms with van der Waals surface area (Å²) in [7, 11) is 0. The van der Waals surface area contributed by atoms with Crippen molar-refractivity contribution in [2.75, 3.05) is 0 Å². The monoisotopic (exact) mass is 295 g/mol. The van der Waals surface area contributed by atoms with Gasteiger partial charge < -0.3 is 5.32 Å². The third-order valence-electron chi connectivity index (χ3n) is 3.61. The smallest absolute Gasteiger partial charge is 0.252 e. The van der Waals surface area contributed by atoms with Crippen molar-refractivity contribution in [3.8, 4) is 0 Å². The molecular weight excluding hydrogens is 278 g/mol. The van der Waals surface area contributed by atoms with E-state index in [1.54, 1.807) is 0 Å². The molecule has 1 saturated carbocycles. The van der Waals surface area contributed by atoms with Gasteiger partial charge in [0.2, 0.25) is 0 Å². The first-order chi connectivity index (χ1) is 8.09. The molecule has 3 heteroatoms. The van der Waals surface area contributed by atoms with Crippen molar-refractivity contribution in [2.45, 2.75) is 39.2 Å². The van der Waals surface area contributed by atoms with Crippen LogP contribution in [0.25, 0.3) is 0 Å². The van der Waals surface area contributed by atoms with Crippen LogP contribution < -0.4 is 5.32 Å². The van der Waals surface area contributed by atoms with E-state index in [1.165, 1.54) is 12.8 Å². The van der Waals surface area contributed by atoms with E-state index in [0.717, 1.165) is 22.0 Å². The average Bonchev–Trinajstić information content (AvgIpc) is 2.68. The topological polar surface area (TPSA) is 29.1 Å². The summed E-state index contributed by atoms with van der Waals surface area (Å²) in [6.07, 6.45) is 3.55. The number of nitrogens with one attached hydrogen (secondary N) is 1. The lowest BCUT2D eigenvalue weighted by Gasteiger charge is -2.18. The van der Waals surface area contributed by atoms with Crippen LogP contribution in [0, 0.1) is 12.8 Å². The zero-order valence-electron chi connectivity index (χ0n) is 10.3. The maximum absolute atomic E-state index is 12.2. The second kappa shape index (κ2) is 5.21. The van der Waals surface area contributed by atoms with E-state index in [-0.39, 0.29) is 5.91 Å². The van der Waals surface area contributed by atoms with Crippen molar-refractivity contribution < 1.29 is 4.79 Å². The molecule has 1 aliphatic rings. The van der Waals surface area contributed by atoms with Crippen molar-refractivity contribution in [2.24, 2.45) is 5.92 Å². The molecule has 2 nitrogen and oxygen atoms in total. The molecule has 1 aromatic rings. The molecule has 2 atom stereocenters. The van der Waals surface area contributed by atoms with Crippen LogP contribution in [0.3, 0.4) is 0 Å². The molecule has 1 amide bonds. The fourth-order valence-electron chi connectivity index (χ4n) is 2.43. The average molecular weight is 296 g/mol. The number of hydrogen-bond acceptors (Lipinski definition) is 1. The zero-order valence-corrected chi connectivity index (χ0v) is 11.9. The van der Waals surface area contributed by atoms with Gasteiger partial charge in [0.1, 0.15) is 0 Å². The minimum absolute atomic E-state index is 0.0410. The van der Waals surface area contributed by atoms with E-state index in [4.69, 9.17) is 0 Å². The van der Waals surface area contributed by atoms with E-state index in [2.05, 4.69) is 28.2 Å². The van der Waals surface area contributed by atoms with Crippen LogP contribution in [0.5, 0.6) is 0 Å². The Morgan fingerprint density at radius 2 is 2.18 bits per heavy atom. The van der Waals surface area contributed by atoms with Crippen molar-refractivity contribution in [3.63, 3.8) is 0 Å². The minimum Gasteiger partial charge on any atom is -0.349 e. The third-order valence-corrected chi connectivity index (χ3v) is 4.67. The first-order valence-electron chi connectivity index (χ1n) is 6.15. The Hall–Kier alpha value is -0.830. The Bertz CT molecular complexity index is 430. The molecule has 1 aromatic carbocycles. The molecule has 0 aliphatic heterocycles. The Morgan fingerprint density at radius 1 is 1.41 bits per heavy atom. The van der Waals surface area contributed by atoms with E-state index in [9.17, 15) is 4.79 Å². The zero-order chi connectivity index (χ0) is 12.4. The summed E-state index contributed by atoms with van der Waals surface area (Å²) in [5, 5.41) is 3.14. The number of rotatable bonds is 2. The van der Waals surface area contributed by atoms with Gasteiger partial charge in [-0.15, -0.1) is 0 Å². The van der Waals surface area contributed by atoms with E-state index < -0.39 is 0 Å². The molecular formula is C14H18BrNO. The summed E-state index contributed by atoms with van der Waals surface area (Å²) in [6.45, 7) is 4.21. The number of benzene rings is 1. The Morgan fingerprint density at radius 3 is 2.82 bits per heavy atom. The van der Waals surface area contributed by atoms with Crippen LogP contribution in [-0.4, -0.2) is 11.9 Å². The number of amides is 1. The van der Waals surface area contributed by atoms with Gasteiger partial charge in [-0.1, -0.05) is 25.5 Å². The van der Waals surface area contributed by atoms with Gasteiger partial charge in [-0.25, -0.2) is 0 Å². The number of carbonyl (C=O) groups is 1. The van der Waals surface area contributed by atoms with Gasteiger partial charge in [0, 0.05) is 10.5 Å². The SMILES string of the molecule is Cc1cccc(C(=O)NC2CCCC2C)c1Br. The van der Waals surface area contributed by atoms with Crippen LogP contribution in [0.2, 0.25) is 0 Å². The van der Waals surface area contributed by atoms with Crippen molar-refractivity contribution >= 4 is 21.8 Å². The maximum Gasteiger partial charge on any atom is 0.252 e. The largest absolute Gasteiger partial charge is 0.349 e. The lowest BCUT2D eigenvalue weighted by Crippen LogP contribution is -2.36. The molecule has 92 valence electrons.